The molecule has 2 aromatic heterocycles. The molecule has 1 saturated heterocycles. The Morgan fingerprint density at radius 1 is 1.35 bits per heavy atom. The normalized spacial score (nSPS) is 21.7. The molecule has 136 valence electrons. The van der Waals surface area contributed by atoms with E-state index >= 15 is 0 Å². The number of H-pyrrole nitrogens is 1. The summed E-state index contributed by atoms with van der Waals surface area (Å²) < 4.78 is 5.33. The predicted molar refractivity (Wildman–Crippen MR) is 91.2 cm³/mol. The minimum Gasteiger partial charge on any atom is -0.481 e. The molecule has 4 rings (SSSR count). The summed E-state index contributed by atoms with van der Waals surface area (Å²) in [5, 5.41) is 9.56. The number of ether oxygens (including phenoxy) is 1. The number of nitrogens with zero attached hydrogens (tertiary/aromatic N) is 3. The predicted octanol–water partition coefficient (Wildman–Crippen LogP) is 1.24. The Hall–Kier alpha value is -2.90. The minimum absolute atomic E-state index is 0.139. The topological polar surface area (TPSA) is 108 Å². The average molecular weight is 356 g/mol. The van der Waals surface area contributed by atoms with Crippen LogP contribution in [0.15, 0.2) is 18.5 Å². The van der Waals surface area contributed by atoms with Crippen LogP contribution >= 0.6 is 0 Å². The van der Waals surface area contributed by atoms with Gasteiger partial charge in [0.25, 0.3) is 5.91 Å². The molecule has 3 heterocycles. The smallest absolute Gasteiger partial charge is 0.309 e. The number of pyridine rings is 1. The minimum atomic E-state index is -0.930. The van der Waals surface area contributed by atoms with E-state index in [2.05, 4.69) is 15.0 Å². The first-order valence-electron chi connectivity index (χ1n) is 8.66. The van der Waals surface area contributed by atoms with Gasteiger partial charge in [0, 0.05) is 37.1 Å². The maximum atomic E-state index is 13.1. The Morgan fingerprint density at radius 2 is 2.19 bits per heavy atom. The van der Waals surface area contributed by atoms with Crippen molar-refractivity contribution in [2.75, 3.05) is 20.2 Å². The quantitative estimate of drug-likeness (QED) is 0.853. The Morgan fingerprint density at radius 3 is 2.88 bits per heavy atom. The van der Waals surface area contributed by atoms with Crippen LogP contribution in [0.2, 0.25) is 0 Å². The molecule has 1 aliphatic heterocycles. The second-order valence-electron chi connectivity index (χ2n) is 6.74. The number of hydrogen-bond acceptors (Lipinski definition) is 5. The largest absolute Gasteiger partial charge is 0.481 e. The molecule has 2 atom stereocenters. The number of nitrogens with one attached hydrogen (secondary N) is 1. The molecule has 8 heteroatoms. The van der Waals surface area contributed by atoms with Crippen LogP contribution in [0.5, 0.6) is 5.88 Å². The third-order valence-corrected chi connectivity index (χ3v) is 5.23. The number of aryl methyl sites for hydroxylation is 2. The summed E-state index contributed by atoms with van der Waals surface area (Å²) in [6, 6.07) is 1.85. The summed E-state index contributed by atoms with van der Waals surface area (Å²) in [7, 11) is 1.50. The monoisotopic (exact) mass is 356 g/mol. The molecule has 0 radical (unpaired) electrons. The van der Waals surface area contributed by atoms with Gasteiger partial charge in [-0.3, -0.25) is 9.59 Å². The molecule has 1 fully saturated rings. The number of carboxylic acid groups (broad SMARTS) is 1. The lowest BCUT2D eigenvalue weighted by atomic mass is 9.96. The lowest BCUT2D eigenvalue weighted by molar-refractivity contribution is -0.141. The number of hydrogen-bond donors (Lipinski definition) is 2. The molecule has 1 aliphatic carbocycles. The number of imidazole rings is 1. The lowest BCUT2D eigenvalue weighted by Crippen LogP contribution is -2.30. The molecule has 2 aromatic rings. The van der Waals surface area contributed by atoms with Gasteiger partial charge in [-0.05, 0) is 30.9 Å². The number of aromatic amines is 1. The van der Waals surface area contributed by atoms with Crippen molar-refractivity contribution in [3.05, 3.63) is 41.1 Å². The summed E-state index contributed by atoms with van der Waals surface area (Å²) in [5.74, 6) is -1.33. The van der Waals surface area contributed by atoms with Crippen LogP contribution in [0.3, 0.4) is 0 Å². The molecular formula is C18H20N4O4. The summed E-state index contributed by atoms with van der Waals surface area (Å²) in [6.45, 7) is 0.434. The van der Waals surface area contributed by atoms with Crippen molar-refractivity contribution in [3.8, 4) is 5.88 Å². The zero-order chi connectivity index (χ0) is 18.3. The lowest BCUT2D eigenvalue weighted by Gasteiger charge is -2.18. The van der Waals surface area contributed by atoms with Crippen molar-refractivity contribution in [2.24, 2.45) is 5.92 Å². The van der Waals surface area contributed by atoms with E-state index in [0.29, 0.717) is 23.8 Å². The van der Waals surface area contributed by atoms with E-state index in [9.17, 15) is 14.7 Å². The van der Waals surface area contributed by atoms with Gasteiger partial charge >= 0.3 is 5.97 Å². The van der Waals surface area contributed by atoms with Gasteiger partial charge in [0.1, 0.15) is 11.4 Å². The fourth-order valence-corrected chi connectivity index (χ4v) is 3.91. The first-order valence-corrected chi connectivity index (χ1v) is 8.66. The second-order valence-corrected chi connectivity index (χ2v) is 6.74. The number of aliphatic carboxylic acids is 1. The van der Waals surface area contributed by atoms with Gasteiger partial charge < -0.3 is 19.7 Å². The number of fused-ring (bicyclic) bond motifs is 1. The number of carbonyl (C=O) groups is 2. The van der Waals surface area contributed by atoms with Crippen molar-refractivity contribution in [1.29, 1.82) is 0 Å². The zero-order valence-corrected chi connectivity index (χ0v) is 14.4. The van der Waals surface area contributed by atoms with Crippen molar-refractivity contribution in [3.63, 3.8) is 0 Å². The highest BCUT2D eigenvalue weighted by Crippen LogP contribution is 2.34. The number of rotatable bonds is 4. The number of aromatic nitrogens is 3. The highest BCUT2D eigenvalue weighted by atomic mass is 16.5. The van der Waals surface area contributed by atoms with Crippen molar-refractivity contribution in [1.82, 2.24) is 19.9 Å². The van der Waals surface area contributed by atoms with E-state index < -0.39 is 11.9 Å². The maximum Gasteiger partial charge on any atom is 0.309 e. The van der Waals surface area contributed by atoms with Crippen LogP contribution < -0.4 is 4.74 Å². The van der Waals surface area contributed by atoms with Gasteiger partial charge in [-0.15, -0.1) is 0 Å². The van der Waals surface area contributed by atoms with E-state index in [4.69, 9.17) is 4.74 Å². The standard InChI is InChI=1S/C18H20N4O4/c1-26-16-11(7-10-3-2-4-14(10)21-16)17(23)22-8-12(13(9-22)18(24)25)15-19-5-6-20-15/h5-7,12-13H,2-4,8-9H2,1H3,(H,19,20)(H,24,25)/t12-,13-/m0/s1. The number of methoxy groups -OCH3 is 1. The maximum absolute atomic E-state index is 13.1. The van der Waals surface area contributed by atoms with E-state index in [1.165, 1.54) is 7.11 Å². The molecule has 8 nitrogen and oxygen atoms in total. The zero-order valence-electron chi connectivity index (χ0n) is 14.4. The van der Waals surface area contributed by atoms with Crippen LogP contribution in [0.1, 0.15) is 39.8 Å². The van der Waals surface area contributed by atoms with Gasteiger partial charge in [-0.25, -0.2) is 9.97 Å². The Balaban J connectivity index is 1.64. The fraction of sp³-hybridized carbons (Fsp3) is 0.444. The number of carboxylic acids is 1. The van der Waals surface area contributed by atoms with E-state index in [0.717, 1.165) is 30.5 Å². The molecule has 0 unspecified atom stereocenters. The number of likely N-dealkylation sites (tertiary alicyclic amines) is 1. The second kappa shape index (κ2) is 6.44. The first-order chi connectivity index (χ1) is 12.6. The van der Waals surface area contributed by atoms with Gasteiger partial charge in [0.2, 0.25) is 5.88 Å². The molecule has 2 aliphatic rings. The third kappa shape index (κ3) is 2.71. The Bertz CT molecular complexity index is 849. The van der Waals surface area contributed by atoms with E-state index in [1.54, 1.807) is 17.3 Å². The first kappa shape index (κ1) is 16.6. The SMILES string of the molecule is COc1nc2c(cc1C(=O)N1C[C@H](C(=O)O)[C@@H](c3ncc[nH]3)C1)CCC2. The molecular weight excluding hydrogens is 336 g/mol. The van der Waals surface area contributed by atoms with Crippen LogP contribution in [0, 0.1) is 5.92 Å². The van der Waals surface area contributed by atoms with Gasteiger partial charge in [0.05, 0.1) is 13.0 Å². The van der Waals surface area contributed by atoms with Crippen LogP contribution in [-0.2, 0) is 17.6 Å². The number of carbonyl (C=O) groups excluding carboxylic acids is 1. The van der Waals surface area contributed by atoms with Crippen molar-refractivity contribution >= 4 is 11.9 Å². The third-order valence-electron chi connectivity index (χ3n) is 5.23. The molecule has 0 spiro atoms. The highest BCUT2D eigenvalue weighted by Gasteiger charge is 2.42. The molecule has 1 amide bonds. The fourth-order valence-electron chi connectivity index (χ4n) is 3.91. The molecule has 0 saturated carbocycles. The molecule has 0 bridgehead atoms. The summed E-state index contributed by atoms with van der Waals surface area (Å²) in [6.07, 6.45) is 6.07. The highest BCUT2D eigenvalue weighted by molar-refractivity contribution is 5.97. The van der Waals surface area contributed by atoms with Crippen molar-refractivity contribution < 1.29 is 19.4 Å². The van der Waals surface area contributed by atoms with Crippen LogP contribution in [-0.4, -0.2) is 57.0 Å². The molecule has 2 N–H and O–H groups in total. The van der Waals surface area contributed by atoms with Crippen LogP contribution in [0.25, 0.3) is 0 Å². The Labute approximate surface area is 150 Å². The summed E-state index contributed by atoms with van der Waals surface area (Å²) in [4.78, 5) is 38.0. The van der Waals surface area contributed by atoms with Gasteiger partial charge in [-0.2, -0.15) is 0 Å². The molecule has 0 aromatic carbocycles. The summed E-state index contributed by atoms with van der Waals surface area (Å²) in [5.41, 5.74) is 2.46. The van der Waals surface area contributed by atoms with E-state index in [-0.39, 0.29) is 18.4 Å². The van der Waals surface area contributed by atoms with Gasteiger partial charge in [-0.1, -0.05) is 0 Å². The van der Waals surface area contributed by atoms with Crippen LogP contribution in [0.4, 0.5) is 0 Å². The molecule has 26 heavy (non-hydrogen) atoms. The Kier molecular flexibility index (Phi) is 4.10. The summed E-state index contributed by atoms with van der Waals surface area (Å²) >= 11 is 0. The van der Waals surface area contributed by atoms with E-state index in [1.807, 2.05) is 6.07 Å². The van der Waals surface area contributed by atoms with Crippen molar-refractivity contribution in [2.45, 2.75) is 25.2 Å². The number of amides is 1. The van der Waals surface area contributed by atoms with Gasteiger partial charge in [0.15, 0.2) is 0 Å². The average Bonchev–Trinajstić information content (AvgIpc) is 3.38.